The zero-order valence-corrected chi connectivity index (χ0v) is 14.5. The number of nitrogens with zero attached hydrogens (tertiary/aromatic N) is 3. The van der Waals surface area contributed by atoms with Crippen molar-refractivity contribution < 1.29 is 4.79 Å². The third kappa shape index (κ3) is 5.62. The van der Waals surface area contributed by atoms with Gasteiger partial charge in [0.15, 0.2) is 0 Å². The van der Waals surface area contributed by atoms with Crippen molar-refractivity contribution in [3.05, 3.63) is 47.9 Å². The van der Waals surface area contributed by atoms with Crippen molar-refractivity contribution in [1.82, 2.24) is 14.9 Å². The molecule has 0 saturated heterocycles. The SMILES string of the molecule is CCc1ccc(NC(=O)c2cc(NCCCN(C)C)ncn2)cc1. The molecule has 0 spiro atoms. The molecule has 2 aromatic rings. The van der Waals surface area contributed by atoms with Crippen LogP contribution in [0.4, 0.5) is 11.5 Å². The summed E-state index contributed by atoms with van der Waals surface area (Å²) in [6, 6.07) is 9.49. The quantitative estimate of drug-likeness (QED) is 0.730. The minimum Gasteiger partial charge on any atom is -0.370 e. The van der Waals surface area contributed by atoms with E-state index >= 15 is 0 Å². The molecule has 0 saturated carbocycles. The van der Waals surface area contributed by atoms with Crippen LogP contribution in [0, 0.1) is 0 Å². The second-order valence-electron chi connectivity index (χ2n) is 5.88. The highest BCUT2D eigenvalue weighted by Crippen LogP contribution is 2.12. The molecule has 1 heterocycles. The number of anilines is 2. The van der Waals surface area contributed by atoms with Gasteiger partial charge in [-0.2, -0.15) is 0 Å². The van der Waals surface area contributed by atoms with Gasteiger partial charge in [-0.15, -0.1) is 0 Å². The number of nitrogens with one attached hydrogen (secondary N) is 2. The Morgan fingerprint density at radius 3 is 2.58 bits per heavy atom. The van der Waals surface area contributed by atoms with Crippen LogP contribution in [0.2, 0.25) is 0 Å². The van der Waals surface area contributed by atoms with Gasteiger partial charge in [-0.3, -0.25) is 4.79 Å². The van der Waals surface area contributed by atoms with E-state index in [1.165, 1.54) is 11.9 Å². The van der Waals surface area contributed by atoms with Crippen molar-refractivity contribution >= 4 is 17.4 Å². The zero-order valence-electron chi connectivity index (χ0n) is 14.5. The number of amides is 1. The Kier molecular flexibility index (Phi) is 6.69. The van der Waals surface area contributed by atoms with Crippen LogP contribution in [0.15, 0.2) is 36.7 Å². The van der Waals surface area contributed by atoms with E-state index in [9.17, 15) is 4.79 Å². The fraction of sp³-hybridized carbons (Fsp3) is 0.389. The van der Waals surface area contributed by atoms with Crippen LogP contribution in [-0.2, 0) is 6.42 Å². The standard InChI is InChI=1S/C18H25N5O/c1-4-14-6-8-15(9-7-14)22-18(24)16-12-17(21-13-20-16)19-10-5-11-23(2)3/h6-9,12-13H,4-5,10-11H2,1-3H3,(H,22,24)(H,19,20,21). The molecular formula is C18H25N5O. The number of carbonyl (C=O) groups is 1. The Hall–Kier alpha value is -2.47. The molecule has 0 radical (unpaired) electrons. The van der Waals surface area contributed by atoms with Gasteiger partial charge in [0.05, 0.1) is 0 Å². The molecule has 2 rings (SSSR count). The van der Waals surface area contributed by atoms with E-state index in [2.05, 4.69) is 32.4 Å². The van der Waals surface area contributed by atoms with Crippen molar-refractivity contribution in [2.24, 2.45) is 0 Å². The van der Waals surface area contributed by atoms with Crippen LogP contribution in [0.25, 0.3) is 0 Å². The van der Waals surface area contributed by atoms with Crippen molar-refractivity contribution in [3.8, 4) is 0 Å². The average molecular weight is 327 g/mol. The molecule has 1 aromatic carbocycles. The fourth-order valence-electron chi connectivity index (χ4n) is 2.21. The topological polar surface area (TPSA) is 70.2 Å². The molecule has 0 fully saturated rings. The number of carbonyl (C=O) groups excluding carboxylic acids is 1. The van der Waals surface area contributed by atoms with Crippen molar-refractivity contribution in [2.75, 3.05) is 37.8 Å². The predicted octanol–water partition coefficient (Wildman–Crippen LogP) is 2.65. The fourth-order valence-corrected chi connectivity index (χ4v) is 2.21. The Balaban J connectivity index is 1.92. The van der Waals surface area contributed by atoms with E-state index in [4.69, 9.17) is 0 Å². The first-order valence-corrected chi connectivity index (χ1v) is 8.19. The van der Waals surface area contributed by atoms with Gasteiger partial charge < -0.3 is 15.5 Å². The lowest BCUT2D eigenvalue weighted by atomic mass is 10.1. The molecular weight excluding hydrogens is 302 g/mol. The first-order chi connectivity index (χ1) is 11.6. The molecule has 0 aliphatic heterocycles. The zero-order chi connectivity index (χ0) is 17.4. The van der Waals surface area contributed by atoms with Gasteiger partial charge >= 0.3 is 0 Å². The summed E-state index contributed by atoms with van der Waals surface area (Å²) < 4.78 is 0. The Morgan fingerprint density at radius 1 is 1.17 bits per heavy atom. The lowest BCUT2D eigenvalue weighted by Crippen LogP contribution is -2.17. The van der Waals surface area contributed by atoms with Gasteiger partial charge in [-0.25, -0.2) is 9.97 Å². The van der Waals surface area contributed by atoms with Crippen LogP contribution in [-0.4, -0.2) is 48.0 Å². The third-order valence-electron chi connectivity index (χ3n) is 3.61. The van der Waals surface area contributed by atoms with E-state index < -0.39 is 0 Å². The summed E-state index contributed by atoms with van der Waals surface area (Å²) in [4.78, 5) is 22.6. The molecule has 1 amide bonds. The summed E-state index contributed by atoms with van der Waals surface area (Å²) >= 11 is 0. The maximum absolute atomic E-state index is 12.3. The molecule has 0 aliphatic carbocycles. The molecule has 0 bridgehead atoms. The molecule has 0 unspecified atom stereocenters. The first-order valence-electron chi connectivity index (χ1n) is 8.19. The van der Waals surface area contributed by atoms with Crippen LogP contribution >= 0.6 is 0 Å². The summed E-state index contributed by atoms with van der Waals surface area (Å²) in [5, 5.41) is 6.07. The van der Waals surface area contributed by atoms with Gasteiger partial charge in [0, 0.05) is 18.3 Å². The van der Waals surface area contributed by atoms with Gasteiger partial charge in [0.25, 0.3) is 5.91 Å². The number of aromatic nitrogens is 2. The van der Waals surface area contributed by atoms with Crippen LogP contribution in [0.1, 0.15) is 29.4 Å². The predicted molar refractivity (Wildman–Crippen MR) is 97.5 cm³/mol. The molecule has 0 aliphatic rings. The van der Waals surface area contributed by atoms with E-state index in [1.807, 2.05) is 38.4 Å². The smallest absolute Gasteiger partial charge is 0.274 e. The summed E-state index contributed by atoms with van der Waals surface area (Å²) in [6.07, 6.45) is 3.38. The van der Waals surface area contributed by atoms with Gasteiger partial charge in [0.1, 0.15) is 17.8 Å². The van der Waals surface area contributed by atoms with Gasteiger partial charge in [-0.05, 0) is 51.2 Å². The summed E-state index contributed by atoms with van der Waals surface area (Å²) in [5.74, 6) is 0.424. The number of hydrogen-bond acceptors (Lipinski definition) is 5. The lowest BCUT2D eigenvalue weighted by molar-refractivity contribution is 0.102. The number of rotatable bonds is 8. The molecule has 24 heavy (non-hydrogen) atoms. The highest BCUT2D eigenvalue weighted by molar-refractivity contribution is 6.03. The number of hydrogen-bond donors (Lipinski definition) is 2. The van der Waals surface area contributed by atoms with Crippen LogP contribution in [0.5, 0.6) is 0 Å². The second-order valence-corrected chi connectivity index (χ2v) is 5.88. The van der Waals surface area contributed by atoms with Crippen molar-refractivity contribution in [1.29, 1.82) is 0 Å². The largest absolute Gasteiger partial charge is 0.370 e. The number of benzene rings is 1. The van der Waals surface area contributed by atoms with Crippen molar-refractivity contribution in [3.63, 3.8) is 0 Å². The molecule has 2 N–H and O–H groups in total. The monoisotopic (exact) mass is 327 g/mol. The highest BCUT2D eigenvalue weighted by Gasteiger charge is 2.09. The van der Waals surface area contributed by atoms with E-state index in [0.29, 0.717) is 11.5 Å². The van der Waals surface area contributed by atoms with E-state index in [0.717, 1.165) is 31.6 Å². The molecule has 6 heteroatoms. The summed E-state index contributed by atoms with van der Waals surface area (Å²) in [6.45, 7) is 3.90. The summed E-state index contributed by atoms with van der Waals surface area (Å²) in [5.41, 5.74) is 2.34. The van der Waals surface area contributed by atoms with Crippen LogP contribution in [0.3, 0.4) is 0 Å². The third-order valence-corrected chi connectivity index (χ3v) is 3.61. The molecule has 1 aromatic heterocycles. The minimum absolute atomic E-state index is 0.238. The van der Waals surface area contributed by atoms with E-state index in [1.54, 1.807) is 6.07 Å². The van der Waals surface area contributed by atoms with Gasteiger partial charge in [0.2, 0.25) is 0 Å². The molecule has 6 nitrogen and oxygen atoms in total. The lowest BCUT2D eigenvalue weighted by Gasteiger charge is -2.10. The second kappa shape index (κ2) is 8.98. The maximum Gasteiger partial charge on any atom is 0.274 e. The van der Waals surface area contributed by atoms with Crippen molar-refractivity contribution in [2.45, 2.75) is 19.8 Å². The molecule has 0 atom stereocenters. The van der Waals surface area contributed by atoms with Crippen LogP contribution < -0.4 is 10.6 Å². The van der Waals surface area contributed by atoms with Gasteiger partial charge in [-0.1, -0.05) is 19.1 Å². The Morgan fingerprint density at radius 2 is 1.92 bits per heavy atom. The minimum atomic E-state index is -0.238. The Labute approximate surface area is 143 Å². The maximum atomic E-state index is 12.3. The van der Waals surface area contributed by atoms with E-state index in [-0.39, 0.29) is 5.91 Å². The summed E-state index contributed by atoms with van der Waals surface area (Å²) in [7, 11) is 4.08. The normalized spacial score (nSPS) is 10.7. The average Bonchev–Trinajstić information content (AvgIpc) is 2.59. The molecule has 128 valence electrons. The Bertz CT molecular complexity index is 655. The first kappa shape index (κ1) is 17.9. The number of aryl methyl sites for hydroxylation is 1. The highest BCUT2D eigenvalue weighted by atomic mass is 16.1.